The number of hydrogen-bond donors (Lipinski definition) is 1. The normalized spacial score (nSPS) is 11.1. The Bertz CT molecular complexity index is 963. The summed E-state index contributed by atoms with van der Waals surface area (Å²) in [5, 5.41) is 8.68. The second-order valence-electron chi connectivity index (χ2n) is 6.92. The number of hydrogen-bond acceptors (Lipinski definition) is 5. The highest BCUT2D eigenvalue weighted by Gasteiger charge is 2.19. The van der Waals surface area contributed by atoms with Crippen LogP contribution >= 0.6 is 11.6 Å². The van der Waals surface area contributed by atoms with Crippen LogP contribution in [0.2, 0.25) is 5.02 Å². The van der Waals surface area contributed by atoms with Crippen LogP contribution in [0.3, 0.4) is 0 Å². The molecule has 0 bridgehead atoms. The highest BCUT2D eigenvalue weighted by Crippen LogP contribution is 2.33. The molecular formula is C21H28ClN5O. The molecular weight excluding hydrogens is 374 g/mol. The maximum atomic E-state index is 6.44. The molecule has 0 saturated heterocycles. The number of benzene rings is 1. The maximum absolute atomic E-state index is 6.44. The highest BCUT2D eigenvalue weighted by molar-refractivity contribution is 6.33. The average Bonchev–Trinajstić information content (AvgIpc) is 3.03. The van der Waals surface area contributed by atoms with Crippen LogP contribution in [0, 0.1) is 13.8 Å². The Hall–Kier alpha value is -2.47. The van der Waals surface area contributed by atoms with E-state index in [0.717, 1.165) is 65.9 Å². The van der Waals surface area contributed by atoms with E-state index in [-0.39, 0.29) is 0 Å². The summed E-state index contributed by atoms with van der Waals surface area (Å²) in [4.78, 5) is 7.20. The minimum Gasteiger partial charge on any atom is -0.497 e. The molecule has 1 N–H and O–H groups in total. The van der Waals surface area contributed by atoms with Crippen molar-refractivity contribution in [3.05, 3.63) is 40.5 Å². The fourth-order valence-corrected chi connectivity index (χ4v) is 3.61. The van der Waals surface area contributed by atoms with E-state index >= 15 is 0 Å². The fourth-order valence-electron chi connectivity index (χ4n) is 3.39. The number of nitrogens with one attached hydrogen (secondary N) is 1. The zero-order chi connectivity index (χ0) is 20.3. The van der Waals surface area contributed by atoms with E-state index in [4.69, 9.17) is 21.3 Å². The number of ether oxygens (including phenoxy) is 1. The molecule has 2 aromatic heterocycles. The van der Waals surface area contributed by atoms with Crippen molar-refractivity contribution < 1.29 is 4.74 Å². The molecule has 0 aliphatic heterocycles. The van der Waals surface area contributed by atoms with Gasteiger partial charge in [-0.15, -0.1) is 0 Å². The van der Waals surface area contributed by atoms with Crippen LogP contribution in [0.25, 0.3) is 5.65 Å². The van der Waals surface area contributed by atoms with Crippen LogP contribution in [0.15, 0.2) is 24.3 Å². The second kappa shape index (κ2) is 8.69. The lowest BCUT2D eigenvalue weighted by atomic mass is 10.2. The van der Waals surface area contributed by atoms with Gasteiger partial charge in [-0.05, 0) is 38.8 Å². The summed E-state index contributed by atoms with van der Waals surface area (Å²) < 4.78 is 7.20. The smallest absolute Gasteiger partial charge is 0.160 e. The third-order valence-electron chi connectivity index (χ3n) is 4.65. The van der Waals surface area contributed by atoms with Gasteiger partial charge in [0, 0.05) is 30.8 Å². The molecule has 28 heavy (non-hydrogen) atoms. The minimum absolute atomic E-state index is 0.589. The number of fused-ring (bicyclic) bond motifs is 1. The molecule has 1 aromatic carbocycles. The molecule has 0 fully saturated rings. The van der Waals surface area contributed by atoms with E-state index in [9.17, 15) is 0 Å². The predicted octanol–water partition coefficient (Wildman–Crippen LogP) is 5.38. The first-order chi connectivity index (χ1) is 13.5. The largest absolute Gasteiger partial charge is 0.497 e. The summed E-state index contributed by atoms with van der Waals surface area (Å²) in [6.07, 6.45) is 2.13. The lowest BCUT2D eigenvalue weighted by Crippen LogP contribution is -2.28. The van der Waals surface area contributed by atoms with Gasteiger partial charge in [0.25, 0.3) is 0 Å². The lowest BCUT2D eigenvalue weighted by molar-refractivity contribution is 0.415. The number of halogens is 1. The Kier molecular flexibility index (Phi) is 6.29. The molecule has 150 valence electrons. The Morgan fingerprint density at radius 2 is 1.86 bits per heavy atom. The summed E-state index contributed by atoms with van der Waals surface area (Å²) in [5.41, 5.74) is 3.61. The molecule has 3 rings (SSSR count). The molecule has 6 nitrogen and oxygen atoms in total. The van der Waals surface area contributed by atoms with Crippen LogP contribution in [-0.2, 0) is 0 Å². The van der Waals surface area contributed by atoms with Gasteiger partial charge in [-0.1, -0.05) is 25.4 Å². The van der Waals surface area contributed by atoms with E-state index in [2.05, 4.69) is 36.1 Å². The van der Waals surface area contributed by atoms with Crippen molar-refractivity contribution >= 4 is 34.6 Å². The molecule has 2 heterocycles. The lowest BCUT2D eigenvalue weighted by Gasteiger charge is -2.27. The van der Waals surface area contributed by atoms with Gasteiger partial charge in [-0.3, -0.25) is 0 Å². The highest BCUT2D eigenvalue weighted by atomic mass is 35.5. The van der Waals surface area contributed by atoms with Gasteiger partial charge >= 0.3 is 0 Å². The Balaban J connectivity index is 2.11. The van der Waals surface area contributed by atoms with E-state index in [1.807, 2.05) is 29.6 Å². The molecule has 0 radical (unpaired) electrons. The van der Waals surface area contributed by atoms with Crippen LogP contribution in [-0.4, -0.2) is 34.8 Å². The molecule has 0 unspecified atom stereocenters. The molecule has 0 saturated carbocycles. The van der Waals surface area contributed by atoms with Gasteiger partial charge < -0.3 is 15.0 Å². The summed E-state index contributed by atoms with van der Waals surface area (Å²) >= 11 is 6.44. The zero-order valence-corrected chi connectivity index (χ0v) is 18.0. The molecule has 0 amide bonds. The third kappa shape index (κ3) is 4.02. The van der Waals surface area contributed by atoms with Crippen molar-refractivity contribution in [2.24, 2.45) is 0 Å². The third-order valence-corrected chi connectivity index (χ3v) is 4.96. The second-order valence-corrected chi connectivity index (χ2v) is 7.33. The number of aryl methyl sites for hydroxylation is 1. The monoisotopic (exact) mass is 401 g/mol. The van der Waals surface area contributed by atoms with E-state index in [1.165, 1.54) is 0 Å². The van der Waals surface area contributed by atoms with E-state index < -0.39 is 0 Å². The van der Waals surface area contributed by atoms with Gasteiger partial charge in [-0.25, -0.2) is 4.98 Å². The topological polar surface area (TPSA) is 54.7 Å². The van der Waals surface area contributed by atoms with Crippen molar-refractivity contribution in [2.75, 3.05) is 30.4 Å². The van der Waals surface area contributed by atoms with Gasteiger partial charge in [-0.2, -0.15) is 9.61 Å². The Morgan fingerprint density at radius 3 is 2.46 bits per heavy atom. The van der Waals surface area contributed by atoms with E-state index in [0.29, 0.717) is 5.02 Å². The predicted molar refractivity (Wildman–Crippen MR) is 117 cm³/mol. The molecule has 0 aliphatic rings. The van der Waals surface area contributed by atoms with Crippen molar-refractivity contribution in [2.45, 2.75) is 40.5 Å². The van der Waals surface area contributed by atoms with Crippen molar-refractivity contribution in [3.63, 3.8) is 0 Å². The van der Waals surface area contributed by atoms with Crippen LogP contribution < -0.4 is 15.0 Å². The Morgan fingerprint density at radius 1 is 1.14 bits per heavy atom. The molecule has 7 heteroatoms. The number of rotatable bonds is 8. The molecule has 0 atom stereocenters. The van der Waals surface area contributed by atoms with Gasteiger partial charge in [0.1, 0.15) is 17.4 Å². The van der Waals surface area contributed by atoms with Gasteiger partial charge in [0.05, 0.1) is 23.5 Å². The number of nitrogens with zero attached hydrogens (tertiary/aromatic N) is 4. The number of aromatic nitrogens is 3. The standard InChI is InChI=1S/C21H28ClN5O/c1-6-10-26(11-7-2)21-15(4)20(24-19-12-14(3)25-27(19)21)23-18-9-8-16(28-5)13-17(18)22/h8-9,12-13H,6-7,10-11H2,1-5H3,(H,23,24). The maximum Gasteiger partial charge on any atom is 0.160 e. The van der Waals surface area contributed by atoms with Gasteiger partial charge in [0.2, 0.25) is 0 Å². The van der Waals surface area contributed by atoms with Gasteiger partial charge in [0.15, 0.2) is 5.65 Å². The van der Waals surface area contributed by atoms with Crippen molar-refractivity contribution in [3.8, 4) is 5.75 Å². The number of methoxy groups -OCH3 is 1. The van der Waals surface area contributed by atoms with Crippen LogP contribution in [0.4, 0.5) is 17.3 Å². The van der Waals surface area contributed by atoms with Crippen LogP contribution in [0.5, 0.6) is 5.75 Å². The summed E-state index contributed by atoms with van der Waals surface area (Å²) in [5.74, 6) is 2.58. The molecule has 3 aromatic rings. The van der Waals surface area contributed by atoms with E-state index in [1.54, 1.807) is 13.2 Å². The van der Waals surface area contributed by atoms with Crippen molar-refractivity contribution in [1.82, 2.24) is 14.6 Å². The SMILES string of the molecule is CCCN(CCC)c1c(C)c(Nc2ccc(OC)cc2Cl)nc2cc(C)nn12. The molecule has 0 aliphatic carbocycles. The average molecular weight is 402 g/mol. The summed E-state index contributed by atoms with van der Waals surface area (Å²) in [7, 11) is 1.63. The quantitative estimate of drug-likeness (QED) is 0.549. The number of anilines is 3. The molecule has 0 spiro atoms. The summed E-state index contributed by atoms with van der Waals surface area (Å²) in [6, 6.07) is 7.58. The Labute approximate surface area is 171 Å². The first kappa shape index (κ1) is 20.3. The first-order valence-corrected chi connectivity index (χ1v) is 10.1. The summed E-state index contributed by atoms with van der Waals surface area (Å²) in [6.45, 7) is 10.4. The fraction of sp³-hybridized carbons (Fsp3) is 0.429. The zero-order valence-electron chi connectivity index (χ0n) is 17.2. The van der Waals surface area contributed by atoms with Crippen LogP contribution in [0.1, 0.15) is 37.9 Å². The minimum atomic E-state index is 0.589. The van der Waals surface area contributed by atoms with Crippen molar-refractivity contribution in [1.29, 1.82) is 0 Å². The first-order valence-electron chi connectivity index (χ1n) is 9.71.